The van der Waals surface area contributed by atoms with Crippen LogP contribution in [-0.4, -0.2) is 31.0 Å². The molecular formula is C17H16O5. The lowest BCUT2D eigenvalue weighted by Crippen LogP contribution is -2.06. The van der Waals surface area contributed by atoms with Crippen molar-refractivity contribution in [1.82, 2.24) is 0 Å². The topological polar surface area (TPSA) is 68.2 Å². The molecule has 0 aliphatic carbocycles. The lowest BCUT2D eigenvalue weighted by atomic mass is 10.00. The minimum atomic E-state index is 0.00857. The number of ether oxygens (including phenoxy) is 3. The van der Waals surface area contributed by atoms with Gasteiger partial charge in [0.1, 0.15) is 18.1 Å². The van der Waals surface area contributed by atoms with Gasteiger partial charge in [0, 0.05) is 11.6 Å². The maximum absolute atomic E-state index is 10.1. The zero-order valence-electron chi connectivity index (χ0n) is 12.3. The molecule has 114 valence electrons. The van der Waals surface area contributed by atoms with Crippen molar-refractivity contribution in [3.63, 3.8) is 0 Å². The van der Waals surface area contributed by atoms with Gasteiger partial charge in [-0.15, -0.1) is 0 Å². The lowest BCUT2D eigenvalue weighted by molar-refractivity contribution is 0.332. The van der Waals surface area contributed by atoms with E-state index in [2.05, 4.69) is 0 Å². The van der Waals surface area contributed by atoms with Crippen molar-refractivity contribution in [2.75, 3.05) is 20.8 Å². The average molecular weight is 300 g/mol. The molecule has 0 saturated heterocycles. The number of phenols is 2. The number of hydrogen-bond acceptors (Lipinski definition) is 5. The number of hydrogen-bond donors (Lipinski definition) is 2. The first-order chi connectivity index (χ1) is 10.6. The first-order valence-corrected chi connectivity index (χ1v) is 6.74. The van der Waals surface area contributed by atoms with E-state index in [0.717, 1.165) is 16.7 Å². The first kappa shape index (κ1) is 14.1. The summed E-state index contributed by atoms with van der Waals surface area (Å²) in [6, 6.07) is 8.37. The summed E-state index contributed by atoms with van der Waals surface area (Å²) in [4.78, 5) is 0. The van der Waals surface area contributed by atoms with E-state index in [1.54, 1.807) is 30.3 Å². The zero-order chi connectivity index (χ0) is 15.7. The Kier molecular flexibility index (Phi) is 3.55. The van der Waals surface area contributed by atoms with E-state index in [1.807, 2.05) is 6.08 Å². The lowest BCUT2D eigenvalue weighted by Gasteiger charge is -2.19. The predicted octanol–water partition coefficient (Wildman–Crippen LogP) is 3.05. The maximum atomic E-state index is 10.1. The third-order valence-corrected chi connectivity index (χ3v) is 3.54. The molecule has 0 radical (unpaired) electrons. The molecule has 5 nitrogen and oxygen atoms in total. The van der Waals surface area contributed by atoms with Crippen LogP contribution in [0, 0.1) is 0 Å². The SMILES string of the molecule is COc1cc(C2=Cc3ccc(O)cc3OC2)cc(O)c1OC. The molecule has 0 amide bonds. The molecule has 5 heteroatoms. The summed E-state index contributed by atoms with van der Waals surface area (Å²) >= 11 is 0. The van der Waals surface area contributed by atoms with Crippen molar-refractivity contribution in [3.05, 3.63) is 41.5 Å². The number of benzene rings is 2. The smallest absolute Gasteiger partial charge is 0.203 e. The molecule has 3 rings (SSSR count). The molecule has 1 aliphatic rings. The van der Waals surface area contributed by atoms with Crippen molar-refractivity contribution in [3.8, 4) is 28.7 Å². The van der Waals surface area contributed by atoms with E-state index in [0.29, 0.717) is 23.9 Å². The van der Waals surface area contributed by atoms with Crippen LogP contribution in [0.4, 0.5) is 0 Å². The third-order valence-electron chi connectivity index (χ3n) is 3.54. The highest BCUT2D eigenvalue weighted by Crippen LogP contribution is 2.41. The summed E-state index contributed by atoms with van der Waals surface area (Å²) in [5, 5.41) is 19.5. The molecular weight excluding hydrogens is 284 g/mol. The van der Waals surface area contributed by atoms with E-state index < -0.39 is 0 Å². The number of phenolic OH excluding ortho intramolecular Hbond substituents is 2. The Balaban J connectivity index is 2.05. The fourth-order valence-corrected chi connectivity index (χ4v) is 2.45. The highest BCUT2D eigenvalue weighted by Gasteiger charge is 2.17. The van der Waals surface area contributed by atoms with Gasteiger partial charge in [-0.2, -0.15) is 0 Å². The average Bonchev–Trinajstić information content (AvgIpc) is 2.53. The molecule has 1 heterocycles. The Bertz CT molecular complexity index is 749. The molecule has 0 unspecified atom stereocenters. The molecule has 22 heavy (non-hydrogen) atoms. The van der Waals surface area contributed by atoms with Crippen LogP contribution in [-0.2, 0) is 0 Å². The second-order valence-corrected chi connectivity index (χ2v) is 4.91. The summed E-state index contributed by atoms with van der Waals surface area (Å²) in [6.07, 6.45) is 1.96. The van der Waals surface area contributed by atoms with Crippen LogP contribution in [0.5, 0.6) is 28.7 Å². The minimum Gasteiger partial charge on any atom is -0.508 e. The van der Waals surface area contributed by atoms with Gasteiger partial charge in [-0.05, 0) is 41.5 Å². The standard InChI is InChI=1S/C17H16O5/c1-20-16-7-11(6-14(19)17(16)21-2)12-5-10-3-4-13(18)8-15(10)22-9-12/h3-8,18-19H,9H2,1-2H3. The Morgan fingerprint density at radius 3 is 2.59 bits per heavy atom. The summed E-state index contributed by atoms with van der Waals surface area (Å²) in [5.41, 5.74) is 2.55. The molecule has 0 spiro atoms. The minimum absolute atomic E-state index is 0.00857. The molecule has 2 aromatic rings. The van der Waals surface area contributed by atoms with Crippen LogP contribution in [0.15, 0.2) is 30.3 Å². The Hall–Kier alpha value is -2.82. The summed E-state index contributed by atoms with van der Waals surface area (Å²) in [7, 11) is 2.99. The normalized spacial score (nSPS) is 12.9. The molecule has 0 aromatic heterocycles. The quantitative estimate of drug-likeness (QED) is 0.912. The summed E-state index contributed by atoms with van der Waals surface area (Å²) in [6.45, 7) is 0.339. The summed E-state index contributed by atoms with van der Waals surface area (Å²) < 4.78 is 16.0. The first-order valence-electron chi connectivity index (χ1n) is 6.74. The highest BCUT2D eigenvalue weighted by molar-refractivity contribution is 5.87. The van der Waals surface area contributed by atoms with Gasteiger partial charge in [-0.1, -0.05) is 0 Å². The van der Waals surface area contributed by atoms with Crippen LogP contribution in [0.1, 0.15) is 11.1 Å². The largest absolute Gasteiger partial charge is 0.508 e. The molecule has 0 atom stereocenters. The number of fused-ring (bicyclic) bond motifs is 1. The van der Waals surface area contributed by atoms with Gasteiger partial charge in [0.2, 0.25) is 5.75 Å². The van der Waals surface area contributed by atoms with Crippen molar-refractivity contribution in [1.29, 1.82) is 0 Å². The van der Waals surface area contributed by atoms with Gasteiger partial charge in [-0.3, -0.25) is 0 Å². The molecule has 0 fully saturated rings. The molecule has 0 bridgehead atoms. The Labute approximate surface area is 128 Å². The van der Waals surface area contributed by atoms with Gasteiger partial charge in [-0.25, -0.2) is 0 Å². The molecule has 1 aliphatic heterocycles. The van der Waals surface area contributed by atoms with Crippen molar-refractivity contribution in [2.24, 2.45) is 0 Å². The zero-order valence-corrected chi connectivity index (χ0v) is 12.3. The number of aromatic hydroxyl groups is 2. The summed E-state index contributed by atoms with van der Waals surface area (Å²) in [5.74, 6) is 1.56. The van der Waals surface area contributed by atoms with Crippen LogP contribution in [0.2, 0.25) is 0 Å². The maximum Gasteiger partial charge on any atom is 0.203 e. The van der Waals surface area contributed by atoms with E-state index in [-0.39, 0.29) is 11.5 Å². The van der Waals surface area contributed by atoms with Crippen LogP contribution in [0.25, 0.3) is 11.6 Å². The van der Waals surface area contributed by atoms with Crippen LogP contribution < -0.4 is 14.2 Å². The Morgan fingerprint density at radius 1 is 1.05 bits per heavy atom. The van der Waals surface area contributed by atoms with Crippen molar-refractivity contribution < 1.29 is 24.4 Å². The predicted molar refractivity (Wildman–Crippen MR) is 82.7 cm³/mol. The van der Waals surface area contributed by atoms with Gasteiger partial charge in [0.15, 0.2) is 11.5 Å². The third kappa shape index (κ3) is 2.41. The van der Waals surface area contributed by atoms with Gasteiger partial charge >= 0.3 is 0 Å². The van der Waals surface area contributed by atoms with Crippen LogP contribution in [0.3, 0.4) is 0 Å². The molecule has 2 aromatic carbocycles. The van der Waals surface area contributed by atoms with Crippen LogP contribution >= 0.6 is 0 Å². The fourth-order valence-electron chi connectivity index (χ4n) is 2.45. The fraction of sp³-hybridized carbons (Fsp3) is 0.176. The number of rotatable bonds is 3. The highest BCUT2D eigenvalue weighted by atomic mass is 16.5. The van der Waals surface area contributed by atoms with Crippen molar-refractivity contribution in [2.45, 2.75) is 0 Å². The Morgan fingerprint density at radius 2 is 1.86 bits per heavy atom. The van der Waals surface area contributed by atoms with E-state index in [1.165, 1.54) is 14.2 Å². The van der Waals surface area contributed by atoms with Gasteiger partial charge < -0.3 is 24.4 Å². The van der Waals surface area contributed by atoms with E-state index >= 15 is 0 Å². The van der Waals surface area contributed by atoms with E-state index in [9.17, 15) is 10.2 Å². The van der Waals surface area contributed by atoms with Gasteiger partial charge in [0.05, 0.1) is 14.2 Å². The monoisotopic (exact) mass is 300 g/mol. The molecule has 2 N–H and O–H groups in total. The molecule has 0 saturated carbocycles. The second-order valence-electron chi connectivity index (χ2n) is 4.91. The van der Waals surface area contributed by atoms with Crippen molar-refractivity contribution >= 4 is 11.6 Å². The second kappa shape index (κ2) is 5.52. The van der Waals surface area contributed by atoms with E-state index in [4.69, 9.17) is 14.2 Å². The number of methoxy groups -OCH3 is 2. The van der Waals surface area contributed by atoms with Gasteiger partial charge in [0.25, 0.3) is 0 Å².